The molecule has 4 rings (SSSR count). The van der Waals surface area contributed by atoms with Crippen LogP contribution in [0.3, 0.4) is 0 Å². The molecule has 0 N–H and O–H groups in total. The van der Waals surface area contributed by atoms with E-state index in [0.29, 0.717) is 0 Å². The number of aromatic nitrogens is 1. The molecule has 4 nitrogen and oxygen atoms in total. The standard InChI is InChI=1S/C26H26N4S/c1-4-20-10-14-22(15-11-20)25-19-31-26(27-2)30(25)28-18-21-12-16-24(17-13-21)29(3)23-8-6-5-7-9-23/h5-19H,4H2,1-3H3. The van der Waals surface area contributed by atoms with Crippen molar-refractivity contribution in [1.82, 2.24) is 4.68 Å². The smallest absolute Gasteiger partial charge is 0.205 e. The van der Waals surface area contributed by atoms with Crippen LogP contribution in [0.25, 0.3) is 11.3 Å². The van der Waals surface area contributed by atoms with Crippen molar-refractivity contribution in [2.24, 2.45) is 10.1 Å². The van der Waals surface area contributed by atoms with Gasteiger partial charge < -0.3 is 4.90 Å². The van der Waals surface area contributed by atoms with E-state index in [2.05, 4.69) is 102 Å². The SMILES string of the molecule is CCc1ccc(-c2csc(=NC)n2N=Cc2ccc(N(C)c3ccccc3)cc2)cc1. The molecule has 3 aromatic carbocycles. The Morgan fingerprint density at radius 1 is 0.903 bits per heavy atom. The lowest BCUT2D eigenvalue weighted by atomic mass is 10.1. The lowest BCUT2D eigenvalue weighted by Gasteiger charge is -2.19. The van der Waals surface area contributed by atoms with Gasteiger partial charge in [0.2, 0.25) is 4.80 Å². The van der Waals surface area contributed by atoms with Crippen LogP contribution < -0.4 is 9.70 Å². The molecular formula is C26H26N4S. The van der Waals surface area contributed by atoms with Gasteiger partial charge >= 0.3 is 0 Å². The van der Waals surface area contributed by atoms with Gasteiger partial charge in [-0.2, -0.15) is 5.10 Å². The van der Waals surface area contributed by atoms with Gasteiger partial charge in [-0.15, -0.1) is 11.3 Å². The van der Waals surface area contributed by atoms with E-state index in [0.717, 1.165) is 39.4 Å². The minimum absolute atomic E-state index is 0.867. The molecule has 0 radical (unpaired) electrons. The van der Waals surface area contributed by atoms with Crippen molar-refractivity contribution in [3.05, 3.63) is 100 Å². The van der Waals surface area contributed by atoms with Crippen molar-refractivity contribution in [1.29, 1.82) is 0 Å². The molecule has 0 unspecified atom stereocenters. The Morgan fingerprint density at radius 3 is 2.23 bits per heavy atom. The van der Waals surface area contributed by atoms with Gasteiger partial charge in [0.15, 0.2) is 0 Å². The van der Waals surface area contributed by atoms with Gasteiger partial charge in [0.1, 0.15) is 0 Å². The Labute approximate surface area is 187 Å². The Morgan fingerprint density at radius 2 is 1.58 bits per heavy atom. The molecular weight excluding hydrogens is 400 g/mol. The molecule has 0 saturated carbocycles. The van der Waals surface area contributed by atoms with E-state index in [-0.39, 0.29) is 0 Å². The number of nitrogens with zero attached hydrogens (tertiary/aromatic N) is 4. The molecule has 5 heteroatoms. The van der Waals surface area contributed by atoms with Crippen molar-refractivity contribution in [3.8, 4) is 11.3 Å². The molecule has 0 atom stereocenters. The zero-order valence-corrected chi connectivity index (χ0v) is 18.9. The zero-order valence-electron chi connectivity index (χ0n) is 18.1. The van der Waals surface area contributed by atoms with Crippen molar-refractivity contribution < 1.29 is 0 Å². The summed E-state index contributed by atoms with van der Waals surface area (Å²) in [6, 6.07) is 27.4. The highest BCUT2D eigenvalue weighted by atomic mass is 32.1. The van der Waals surface area contributed by atoms with E-state index in [1.54, 1.807) is 18.4 Å². The summed E-state index contributed by atoms with van der Waals surface area (Å²) in [5, 5.41) is 6.86. The number of benzene rings is 3. The van der Waals surface area contributed by atoms with Crippen LogP contribution in [0.1, 0.15) is 18.1 Å². The molecule has 0 aliphatic rings. The summed E-state index contributed by atoms with van der Waals surface area (Å²) >= 11 is 1.60. The number of rotatable bonds is 6. The number of hydrogen-bond donors (Lipinski definition) is 0. The zero-order chi connectivity index (χ0) is 21.6. The average Bonchev–Trinajstić information content (AvgIpc) is 3.26. The Kier molecular flexibility index (Phi) is 6.43. The molecule has 0 aliphatic carbocycles. The summed E-state index contributed by atoms with van der Waals surface area (Å²) in [7, 11) is 3.88. The van der Waals surface area contributed by atoms with Crippen LogP contribution >= 0.6 is 11.3 Å². The minimum Gasteiger partial charge on any atom is -0.345 e. The van der Waals surface area contributed by atoms with Crippen LogP contribution in [0, 0.1) is 0 Å². The van der Waals surface area contributed by atoms with Crippen molar-refractivity contribution in [3.63, 3.8) is 0 Å². The third kappa shape index (κ3) is 4.67. The highest BCUT2D eigenvalue weighted by Gasteiger charge is 2.07. The molecule has 0 amide bonds. The van der Waals surface area contributed by atoms with E-state index in [4.69, 9.17) is 5.10 Å². The number of aryl methyl sites for hydroxylation is 1. The van der Waals surface area contributed by atoms with Gasteiger partial charge in [0.05, 0.1) is 11.9 Å². The molecule has 1 aromatic heterocycles. The fourth-order valence-electron chi connectivity index (χ4n) is 3.38. The van der Waals surface area contributed by atoms with Crippen LogP contribution in [0.4, 0.5) is 11.4 Å². The van der Waals surface area contributed by atoms with Crippen LogP contribution in [0.5, 0.6) is 0 Å². The number of thiazole rings is 1. The quantitative estimate of drug-likeness (QED) is 0.350. The van der Waals surface area contributed by atoms with Crippen LogP contribution in [0.2, 0.25) is 0 Å². The Balaban J connectivity index is 1.59. The van der Waals surface area contributed by atoms with E-state index >= 15 is 0 Å². The van der Waals surface area contributed by atoms with Gasteiger partial charge in [-0.25, -0.2) is 4.68 Å². The second-order valence-electron chi connectivity index (χ2n) is 7.22. The predicted molar refractivity (Wildman–Crippen MR) is 133 cm³/mol. The van der Waals surface area contributed by atoms with E-state index in [1.807, 2.05) is 17.0 Å². The van der Waals surface area contributed by atoms with E-state index < -0.39 is 0 Å². The fraction of sp³-hybridized carbons (Fsp3) is 0.154. The number of para-hydroxylation sites is 1. The highest BCUT2D eigenvalue weighted by molar-refractivity contribution is 7.07. The topological polar surface area (TPSA) is 32.9 Å². The summed E-state index contributed by atoms with van der Waals surface area (Å²) < 4.78 is 1.91. The van der Waals surface area contributed by atoms with Crippen molar-refractivity contribution in [2.75, 3.05) is 19.0 Å². The van der Waals surface area contributed by atoms with Crippen LogP contribution in [0.15, 0.2) is 94.3 Å². The van der Waals surface area contributed by atoms with Gasteiger partial charge in [-0.1, -0.05) is 61.5 Å². The monoisotopic (exact) mass is 426 g/mol. The summed E-state index contributed by atoms with van der Waals surface area (Å²) in [4.78, 5) is 7.43. The largest absolute Gasteiger partial charge is 0.345 e. The number of hydrogen-bond acceptors (Lipinski definition) is 4. The molecule has 156 valence electrons. The molecule has 0 fully saturated rings. The fourth-order valence-corrected chi connectivity index (χ4v) is 4.18. The van der Waals surface area contributed by atoms with Crippen LogP contribution in [-0.4, -0.2) is 25.0 Å². The first-order valence-electron chi connectivity index (χ1n) is 10.4. The summed E-state index contributed by atoms with van der Waals surface area (Å²) in [5.41, 5.74) is 6.84. The minimum atomic E-state index is 0.867. The maximum Gasteiger partial charge on any atom is 0.205 e. The lowest BCUT2D eigenvalue weighted by molar-refractivity contribution is 0.848. The molecule has 0 spiro atoms. The summed E-state index contributed by atoms with van der Waals surface area (Å²) in [5.74, 6) is 0. The maximum absolute atomic E-state index is 4.75. The second-order valence-corrected chi connectivity index (χ2v) is 8.06. The van der Waals surface area contributed by atoms with Crippen molar-refractivity contribution in [2.45, 2.75) is 13.3 Å². The van der Waals surface area contributed by atoms with Crippen LogP contribution in [-0.2, 0) is 6.42 Å². The van der Waals surface area contributed by atoms with E-state index in [1.165, 1.54) is 5.56 Å². The first kappa shape index (κ1) is 20.8. The summed E-state index contributed by atoms with van der Waals surface area (Å²) in [6.45, 7) is 2.17. The van der Waals surface area contributed by atoms with Gasteiger partial charge in [-0.05, 0) is 41.8 Å². The lowest BCUT2D eigenvalue weighted by Crippen LogP contribution is -2.11. The summed E-state index contributed by atoms with van der Waals surface area (Å²) in [6.07, 6.45) is 2.92. The molecule has 1 heterocycles. The highest BCUT2D eigenvalue weighted by Crippen LogP contribution is 2.23. The first-order chi connectivity index (χ1) is 15.2. The first-order valence-corrected chi connectivity index (χ1v) is 11.2. The predicted octanol–water partition coefficient (Wildman–Crippen LogP) is 5.96. The maximum atomic E-state index is 4.75. The molecule has 0 bridgehead atoms. The van der Waals surface area contributed by atoms with Gasteiger partial charge in [0, 0.05) is 36.4 Å². The Bertz CT molecular complexity index is 1220. The van der Waals surface area contributed by atoms with Crippen molar-refractivity contribution >= 4 is 28.9 Å². The third-order valence-corrected chi connectivity index (χ3v) is 6.19. The molecule has 0 saturated heterocycles. The second kappa shape index (κ2) is 9.58. The Hall–Kier alpha value is -3.44. The third-order valence-electron chi connectivity index (χ3n) is 5.28. The van der Waals surface area contributed by atoms with E-state index in [9.17, 15) is 0 Å². The molecule has 31 heavy (non-hydrogen) atoms. The molecule has 0 aliphatic heterocycles. The average molecular weight is 427 g/mol. The normalized spacial score (nSPS) is 11.9. The molecule has 4 aromatic rings. The van der Waals surface area contributed by atoms with Gasteiger partial charge in [0.25, 0.3) is 0 Å². The van der Waals surface area contributed by atoms with Gasteiger partial charge in [-0.3, -0.25) is 4.99 Å². The number of anilines is 2.